The highest BCUT2D eigenvalue weighted by Gasteiger charge is 2.37. The number of nitriles is 1. The van der Waals surface area contributed by atoms with Gasteiger partial charge >= 0.3 is 0 Å². The molecule has 0 saturated heterocycles. The van der Waals surface area contributed by atoms with Crippen molar-refractivity contribution in [2.75, 3.05) is 0 Å². The lowest BCUT2D eigenvalue weighted by molar-refractivity contribution is 0.371. The molecule has 0 spiro atoms. The summed E-state index contributed by atoms with van der Waals surface area (Å²) < 4.78 is 11.7. The van der Waals surface area contributed by atoms with Gasteiger partial charge in [0.2, 0.25) is 11.8 Å². The summed E-state index contributed by atoms with van der Waals surface area (Å²) >= 11 is 12.1. The number of nitrogens with two attached hydrogens (primary N) is 1. The molecule has 1 atom stereocenters. The van der Waals surface area contributed by atoms with Crippen LogP contribution in [-0.4, -0.2) is 10.2 Å². The topological polar surface area (TPSA) is 101 Å². The molecule has 1 aromatic carbocycles. The Hall–Kier alpha value is -2.88. The number of fused-ring (bicyclic) bond motifs is 1. The number of nitrogens with one attached hydrogen (secondary N) is 1. The van der Waals surface area contributed by atoms with E-state index in [-0.39, 0.29) is 5.88 Å². The standard InChI is InChI=1S/C20H16Cl2N4O2/c1-2-3-14-18-17(11(9-23)19(24)28-20(18)26-25-14)16-7-6-15(27-16)10-4-5-12(21)13(22)8-10/h4-8,17H,2-3,24H2,1H3,(H,25,26). The smallest absolute Gasteiger partial charge is 0.244 e. The van der Waals surface area contributed by atoms with Gasteiger partial charge in [-0.3, -0.25) is 5.10 Å². The zero-order chi connectivity index (χ0) is 19.8. The van der Waals surface area contributed by atoms with Gasteiger partial charge in [-0.15, -0.1) is 5.10 Å². The number of hydrogen-bond donors (Lipinski definition) is 2. The van der Waals surface area contributed by atoms with E-state index in [0.717, 1.165) is 29.7 Å². The van der Waals surface area contributed by atoms with Crippen LogP contribution in [0.25, 0.3) is 11.3 Å². The monoisotopic (exact) mass is 414 g/mol. The molecule has 1 unspecified atom stereocenters. The van der Waals surface area contributed by atoms with Crippen LogP contribution in [-0.2, 0) is 6.42 Å². The summed E-state index contributed by atoms with van der Waals surface area (Å²) in [6.07, 6.45) is 1.68. The number of ether oxygens (including phenoxy) is 1. The molecule has 3 aromatic rings. The van der Waals surface area contributed by atoms with Gasteiger partial charge in [0, 0.05) is 11.3 Å². The van der Waals surface area contributed by atoms with Crippen molar-refractivity contribution in [3.63, 3.8) is 0 Å². The molecule has 8 heteroatoms. The Balaban J connectivity index is 1.82. The van der Waals surface area contributed by atoms with Gasteiger partial charge in [-0.05, 0) is 36.8 Å². The molecule has 0 bridgehead atoms. The molecule has 142 valence electrons. The molecule has 0 fully saturated rings. The summed E-state index contributed by atoms with van der Waals surface area (Å²) in [5.41, 5.74) is 8.73. The minimum Gasteiger partial charge on any atom is -0.460 e. The number of allylic oxidation sites excluding steroid dienone is 1. The Morgan fingerprint density at radius 1 is 1.25 bits per heavy atom. The maximum atomic E-state index is 9.70. The number of aromatic amines is 1. The second-order valence-electron chi connectivity index (χ2n) is 6.43. The summed E-state index contributed by atoms with van der Waals surface area (Å²) in [7, 11) is 0. The van der Waals surface area contributed by atoms with Gasteiger partial charge in [0.25, 0.3) is 0 Å². The fraction of sp³-hybridized carbons (Fsp3) is 0.200. The second kappa shape index (κ2) is 7.27. The lowest BCUT2D eigenvalue weighted by Gasteiger charge is -2.22. The van der Waals surface area contributed by atoms with Crippen LogP contribution >= 0.6 is 23.2 Å². The van der Waals surface area contributed by atoms with Crippen molar-refractivity contribution in [2.45, 2.75) is 25.7 Å². The van der Waals surface area contributed by atoms with E-state index in [2.05, 4.69) is 23.2 Å². The first-order valence-corrected chi connectivity index (χ1v) is 9.49. The van der Waals surface area contributed by atoms with Crippen molar-refractivity contribution in [2.24, 2.45) is 5.73 Å². The number of hydrogen-bond acceptors (Lipinski definition) is 5. The number of aryl methyl sites for hydroxylation is 1. The SMILES string of the molecule is CCCc1[nH]nc2c1C(c1ccc(-c3ccc(Cl)c(Cl)c3)o1)C(C#N)=C(N)O2. The van der Waals surface area contributed by atoms with E-state index >= 15 is 0 Å². The second-order valence-corrected chi connectivity index (χ2v) is 7.24. The summed E-state index contributed by atoms with van der Waals surface area (Å²) in [4.78, 5) is 0. The minimum atomic E-state index is -0.495. The highest BCUT2D eigenvalue weighted by Crippen LogP contribution is 2.44. The summed E-state index contributed by atoms with van der Waals surface area (Å²) in [6.45, 7) is 2.07. The third kappa shape index (κ3) is 3.03. The van der Waals surface area contributed by atoms with Crippen molar-refractivity contribution in [3.05, 3.63) is 68.9 Å². The molecule has 3 heterocycles. The molecule has 0 saturated carbocycles. The predicted octanol–water partition coefficient (Wildman–Crippen LogP) is 5.15. The number of rotatable bonds is 4. The lowest BCUT2D eigenvalue weighted by Crippen LogP contribution is -2.21. The number of benzene rings is 1. The minimum absolute atomic E-state index is 0.0297. The van der Waals surface area contributed by atoms with Crippen LogP contribution in [0.15, 0.2) is 46.2 Å². The largest absolute Gasteiger partial charge is 0.460 e. The van der Waals surface area contributed by atoms with E-state index in [0.29, 0.717) is 33.0 Å². The molecule has 28 heavy (non-hydrogen) atoms. The number of furan rings is 1. The van der Waals surface area contributed by atoms with E-state index in [9.17, 15) is 5.26 Å². The van der Waals surface area contributed by atoms with E-state index in [1.54, 1.807) is 12.1 Å². The molecule has 2 aromatic heterocycles. The summed E-state index contributed by atoms with van der Waals surface area (Å²) in [5, 5.41) is 17.8. The number of H-pyrrole nitrogens is 1. The first-order chi connectivity index (χ1) is 13.5. The lowest BCUT2D eigenvalue weighted by atomic mass is 9.87. The molecule has 4 rings (SSSR count). The maximum absolute atomic E-state index is 9.70. The summed E-state index contributed by atoms with van der Waals surface area (Å²) in [6, 6.07) is 11.1. The fourth-order valence-electron chi connectivity index (χ4n) is 3.35. The van der Waals surface area contributed by atoms with Crippen molar-refractivity contribution in [1.29, 1.82) is 5.26 Å². The molecule has 1 aliphatic rings. The average Bonchev–Trinajstić information content (AvgIpc) is 3.31. The first-order valence-electron chi connectivity index (χ1n) is 8.73. The molecule has 0 radical (unpaired) electrons. The molecule has 0 aliphatic carbocycles. The Morgan fingerprint density at radius 2 is 2.07 bits per heavy atom. The van der Waals surface area contributed by atoms with Crippen LogP contribution in [0.3, 0.4) is 0 Å². The van der Waals surface area contributed by atoms with Gasteiger partial charge in [0.05, 0.1) is 21.5 Å². The van der Waals surface area contributed by atoms with E-state index in [1.165, 1.54) is 0 Å². The van der Waals surface area contributed by atoms with Crippen molar-refractivity contribution in [1.82, 2.24) is 10.2 Å². The van der Waals surface area contributed by atoms with Crippen LogP contribution in [0.4, 0.5) is 0 Å². The van der Waals surface area contributed by atoms with Crippen LogP contribution in [0, 0.1) is 11.3 Å². The maximum Gasteiger partial charge on any atom is 0.244 e. The first kappa shape index (κ1) is 18.5. The third-order valence-electron chi connectivity index (χ3n) is 4.63. The number of aromatic nitrogens is 2. The average molecular weight is 415 g/mol. The quantitative estimate of drug-likeness (QED) is 0.614. The zero-order valence-corrected chi connectivity index (χ0v) is 16.4. The van der Waals surface area contributed by atoms with Crippen LogP contribution in [0.2, 0.25) is 10.0 Å². The molecule has 1 aliphatic heterocycles. The Bertz CT molecular complexity index is 1120. The fourth-order valence-corrected chi connectivity index (χ4v) is 3.64. The highest BCUT2D eigenvalue weighted by molar-refractivity contribution is 6.42. The summed E-state index contributed by atoms with van der Waals surface area (Å²) in [5.74, 6) is 1.09. The molecule has 6 nitrogen and oxygen atoms in total. The third-order valence-corrected chi connectivity index (χ3v) is 5.37. The zero-order valence-electron chi connectivity index (χ0n) is 14.9. The van der Waals surface area contributed by atoms with Gasteiger partial charge in [-0.1, -0.05) is 36.5 Å². The molecular formula is C20H16Cl2N4O2. The van der Waals surface area contributed by atoms with Gasteiger partial charge in [0.15, 0.2) is 0 Å². The Kier molecular flexibility index (Phi) is 4.80. The number of nitrogens with zero attached hydrogens (tertiary/aromatic N) is 2. The van der Waals surface area contributed by atoms with E-state index < -0.39 is 5.92 Å². The molecule has 3 N–H and O–H groups in total. The van der Waals surface area contributed by atoms with Crippen LogP contribution in [0.1, 0.15) is 36.3 Å². The highest BCUT2D eigenvalue weighted by atomic mass is 35.5. The normalized spacial score (nSPS) is 15.9. The number of halogens is 2. The van der Waals surface area contributed by atoms with Crippen LogP contribution < -0.4 is 10.5 Å². The Labute approximate surface area is 171 Å². The van der Waals surface area contributed by atoms with Gasteiger partial charge < -0.3 is 14.9 Å². The Morgan fingerprint density at radius 3 is 2.79 bits per heavy atom. The van der Waals surface area contributed by atoms with Crippen molar-refractivity contribution in [3.8, 4) is 23.3 Å². The van der Waals surface area contributed by atoms with Gasteiger partial charge in [-0.2, -0.15) is 5.26 Å². The van der Waals surface area contributed by atoms with Crippen LogP contribution in [0.5, 0.6) is 5.88 Å². The molecule has 0 amide bonds. The van der Waals surface area contributed by atoms with Gasteiger partial charge in [-0.25, -0.2) is 0 Å². The molecular weight excluding hydrogens is 399 g/mol. The van der Waals surface area contributed by atoms with Crippen molar-refractivity contribution < 1.29 is 9.15 Å². The van der Waals surface area contributed by atoms with E-state index in [4.69, 9.17) is 38.1 Å². The van der Waals surface area contributed by atoms with Gasteiger partial charge in [0.1, 0.15) is 23.2 Å². The van der Waals surface area contributed by atoms with E-state index in [1.807, 2.05) is 18.2 Å². The van der Waals surface area contributed by atoms with Crippen molar-refractivity contribution >= 4 is 23.2 Å². The predicted molar refractivity (Wildman–Crippen MR) is 106 cm³/mol.